The summed E-state index contributed by atoms with van der Waals surface area (Å²) in [5.74, 6) is 1.71. The normalized spacial score (nSPS) is 18.2. The second kappa shape index (κ2) is 7.56. The molecule has 27 heavy (non-hydrogen) atoms. The van der Waals surface area contributed by atoms with E-state index in [1.165, 1.54) is 0 Å². The Hall–Kier alpha value is -2.61. The first-order valence-electron chi connectivity index (χ1n) is 8.90. The molecule has 0 aliphatic carbocycles. The first-order valence-corrected chi connectivity index (χ1v) is 9.89. The SMILES string of the molecule is O=C1NCC2(CCN(C(=O)Nc3ccc(SCc4ccco4)cc3)CC2)O1. The molecule has 2 aromatic rings. The zero-order valence-corrected chi connectivity index (χ0v) is 15.6. The van der Waals surface area contributed by atoms with Crippen LogP contribution in [0.3, 0.4) is 0 Å². The molecule has 142 valence electrons. The largest absolute Gasteiger partial charge is 0.468 e. The van der Waals surface area contributed by atoms with Crippen molar-refractivity contribution >= 4 is 29.6 Å². The first kappa shape index (κ1) is 17.8. The highest BCUT2D eigenvalue weighted by molar-refractivity contribution is 7.98. The number of urea groups is 1. The van der Waals surface area contributed by atoms with Crippen LogP contribution < -0.4 is 10.6 Å². The van der Waals surface area contributed by atoms with E-state index in [4.69, 9.17) is 9.15 Å². The highest BCUT2D eigenvalue weighted by Gasteiger charge is 2.43. The number of carbonyl (C=O) groups excluding carboxylic acids is 2. The number of hydrogen-bond acceptors (Lipinski definition) is 5. The number of rotatable bonds is 4. The second-order valence-electron chi connectivity index (χ2n) is 6.74. The number of amides is 3. The molecule has 1 aromatic heterocycles. The van der Waals surface area contributed by atoms with Crippen LogP contribution in [0.15, 0.2) is 52.0 Å². The Labute approximate surface area is 161 Å². The van der Waals surface area contributed by atoms with Crippen molar-refractivity contribution in [3.63, 3.8) is 0 Å². The summed E-state index contributed by atoms with van der Waals surface area (Å²) in [5, 5.41) is 5.63. The number of piperidine rings is 1. The smallest absolute Gasteiger partial charge is 0.407 e. The molecule has 1 spiro atoms. The van der Waals surface area contributed by atoms with E-state index in [0.29, 0.717) is 32.5 Å². The van der Waals surface area contributed by atoms with Gasteiger partial charge in [0.15, 0.2) is 0 Å². The summed E-state index contributed by atoms with van der Waals surface area (Å²) in [6.07, 6.45) is 2.62. The quantitative estimate of drug-likeness (QED) is 0.782. The Morgan fingerprint density at radius 2 is 2.00 bits per heavy atom. The van der Waals surface area contributed by atoms with Gasteiger partial charge in [-0.1, -0.05) is 0 Å². The van der Waals surface area contributed by atoms with Gasteiger partial charge in [0.2, 0.25) is 0 Å². The Balaban J connectivity index is 1.26. The zero-order chi connectivity index (χ0) is 18.7. The number of nitrogens with one attached hydrogen (secondary N) is 2. The lowest BCUT2D eigenvalue weighted by Crippen LogP contribution is -2.49. The summed E-state index contributed by atoms with van der Waals surface area (Å²) in [7, 11) is 0. The number of alkyl carbamates (subject to hydrolysis) is 1. The van der Waals surface area contributed by atoms with Gasteiger partial charge in [0.05, 0.1) is 18.6 Å². The molecule has 0 saturated carbocycles. The fraction of sp³-hybridized carbons (Fsp3) is 0.368. The molecule has 4 rings (SSSR count). The molecule has 2 fully saturated rings. The van der Waals surface area contributed by atoms with Crippen LogP contribution in [0.2, 0.25) is 0 Å². The van der Waals surface area contributed by atoms with Crippen LogP contribution in [-0.4, -0.2) is 42.3 Å². The summed E-state index contributed by atoms with van der Waals surface area (Å²) >= 11 is 1.68. The van der Waals surface area contributed by atoms with Crippen molar-refractivity contribution in [3.05, 3.63) is 48.4 Å². The molecular formula is C19H21N3O4S. The lowest BCUT2D eigenvalue weighted by Gasteiger charge is -2.37. The van der Waals surface area contributed by atoms with Gasteiger partial charge in [-0.05, 0) is 36.4 Å². The Kier molecular flexibility index (Phi) is 4.98. The zero-order valence-electron chi connectivity index (χ0n) is 14.8. The van der Waals surface area contributed by atoms with Gasteiger partial charge >= 0.3 is 12.1 Å². The van der Waals surface area contributed by atoms with Gasteiger partial charge in [0.25, 0.3) is 0 Å². The average molecular weight is 387 g/mol. The minimum absolute atomic E-state index is 0.127. The minimum Gasteiger partial charge on any atom is -0.468 e. The van der Waals surface area contributed by atoms with E-state index < -0.39 is 5.60 Å². The van der Waals surface area contributed by atoms with Crippen molar-refractivity contribution < 1.29 is 18.7 Å². The van der Waals surface area contributed by atoms with Crippen LogP contribution in [0.4, 0.5) is 15.3 Å². The molecular weight excluding hydrogens is 366 g/mol. The number of ether oxygens (including phenoxy) is 1. The third-order valence-corrected chi connectivity index (χ3v) is 5.93. The van der Waals surface area contributed by atoms with E-state index in [1.54, 1.807) is 22.9 Å². The maximum atomic E-state index is 12.5. The molecule has 2 saturated heterocycles. The molecule has 0 bridgehead atoms. The van der Waals surface area contributed by atoms with E-state index in [2.05, 4.69) is 10.6 Å². The second-order valence-corrected chi connectivity index (χ2v) is 7.78. The number of hydrogen-bond donors (Lipinski definition) is 2. The van der Waals surface area contributed by atoms with Crippen LogP contribution in [0.5, 0.6) is 0 Å². The molecule has 1 aromatic carbocycles. The van der Waals surface area contributed by atoms with E-state index in [0.717, 1.165) is 22.1 Å². The summed E-state index contributed by atoms with van der Waals surface area (Å²) < 4.78 is 10.7. The van der Waals surface area contributed by atoms with Crippen molar-refractivity contribution in [3.8, 4) is 0 Å². The highest BCUT2D eigenvalue weighted by Crippen LogP contribution is 2.29. The van der Waals surface area contributed by atoms with Crippen molar-refractivity contribution in [2.75, 3.05) is 25.0 Å². The third-order valence-electron chi connectivity index (χ3n) is 4.89. The summed E-state index contributed by atoms with van der Waals surface area (Å²) in [5.41, 5.74) is 0.317. The monoisotopic (exact) mass is 387 g/mol. The highest BCUT2D eigenvalue weighted by atomic mass is 32.2. The van der Waals surface area contributed by atoms with E-state index in [9.17, 15) is 9.59 Å². The van der Waals surface area contributed by atoms with Crippen LogP contribution >= 0.6 is 11.8 Å². The molecule has 0 unspecified atom stereocenters. The third kappa shape index (κ3) is 4.21. The van der Waals surface area contributed by atoms with Crippen molar-refractivity contribution in [1.29, 1.82) is 0 Å². The standard InChI is InChI=1S/C19H21N3O4S/c23-17(22-9-7-19(8-10-22)13-20-18(24)26-19)21-14-3-5-16(6-4-14)27-12-15-2-1-11-25-15/h1-6,11H,7-10,12-13H2,(H,20,24)(H,21,23). The molecule has 3 heterocycles. The molecule has 0 radical (unpaired) electrons. The lowest BCUT2D eigenvalue weighted by atomic mass is 9.92. The maximum absolute atomic E-state index is 12.5. The fourth-order valence-corrected chi connectivity index (χ4v) is 4.09. The summed E-state index contributed by atoms with van der Waals surface area (Å²) in [4.78, 5) is 26.6. The molecule has 8 heteroatoms. The number of anilines is 1. The van der Waals surface area contributed by atoms with E-state index >= 15 is 0 Å². The number of likely N-dealkylation sites (tertiary alicyclic amines) is 1. The molecule has 2 N–H and O–H groups in total. The molecule has 3 amide bonds. The number of carbonyl (C=O) groups is 2. The minimum atomic E-state index is -0.444. The molecule has 0 atom stereocenters. The van der Waals surface area contributed by atoms with Gasteiger partial charge in [-0.2, -0.15) is 0 Å². The van der Waals surface area contributed by atoms with Crippen molar-refractivity contribution in [1.82, 2.24) is 10.2 Å². The van der Waals surface area contributed by atoms with Gasteiger partial charge < -0.3 is 24.7 Å². The van der Waals surface area contributed by atoms with Crippen LogP contribution in [0.1, 0.15) is 18.6 Å². The van der Waals surface area contributed by atoms with Crippen LogP contribution in [-0.2, 0) is 10.5 Å². The van der Waals surface area contributed by atoms with Crippen LogP contribution in [0.25, 0.3) is 0 Å². The van der Waals surface area contributed by atoms with Gasteiger partial charge in [-0.25, -0.2) is 9.59 Å². The topological polar surface area (TPSA) is 83.8 Å². The predicted molar refractivity (Wildman–Crippen MR) is 102 cm³/mol. The predicted octanol–water partition coefficient (Wildman–Crippen LogP) is 3.68. The van der Waals surface area contributed by atoms with Gasteiger partial charge in [-0.15, -0.1) is 11.8 Å². The average Bonchev–Trinajstić information content (AvgIpc) is 3.32. The number of thioether (sulfide) groups is 1. The van der Waals surface area contributed by atoms with E-state index in [1.807, 2.05) is 36.4 Å². The van der Waals surface area contributed by atoms with Gasteiger partial charge in [0, 0.05) is 36.5 Å². The summed E-state index contributed by atoms with van der Waals surface area (Å²) in [6.45, 7) is 1.66. The van der Waals surface area contributed by atoms with Gasteiger partial charge in [-0.3, -0.25) is 0 Å². The molecule has 7 nitrogen and oxygen atoms in total. The van der Waals surface area contributed by atoms with Crippen LogP contribution in [0, 0.1) is 0 Å². The number of furan rings is 1. The number of nitrogens with zero attached hydrogens (tertiary/aromatic N) is 1. The molecule has 2 aliphatic heterocycles. The Bertz CT molecular complexity index is 799. The lowest BCUT2D eigenvalue weighted by molar-refractivity contribution is 0.0110. The first-order chi connectivity index (χ1) is 13.1. The Morgan fingerprint density at radius 1 is 1.22 bits per heavy atom. The fourth-order valence-electron chi connectivity index (χ4n) is 3.28. The summed E-state index contributed by atoms with van der Waals surface area (Å²) in [6, 6.07) is 11.5. The number of benzene rings is 1. The van der Waals surface area contributed by atoms with Crippen molar-refractivity contribution in [2.45, 2.75) is 29.1 Å². The Morgan fingerprint density at radius 3 is 2.63 bits per heavy atom. The van der Waals surface area contributed by atoms with E-state index in [-0.39, 0.29) is 12.1 Å². The molecule has 2 aliphatic rings. The van der Waals surface area contributed by atoms with Crippen molar-refractivity contribution in [2.24, 2.45) is 0 Å². The maximum Gasteiger partial charge on any atom is 0.407 e. The van der Waals surface area contributed by atoms with Gasteiger partial charge in [0.1, 0.15) is 11.4 Å².